The highest BCUT2D eigenvalue weighted by atomic mass is 16.5. The highest BCUT2D eigenvalue weighted by Gasteiger charge is 2.59. The zero-order chi connectivity index (χ0) is 20.1. The van der Waals surface area contributed by atoms with Gasteiger partial charge in [-0.05, 0) is 42.5 Å². The normalized spacial score (nSPS) is 27.3. The number of allylic oxidation sites excluding steroid dienone is 2. The lowest BCUT2D eigenvalue weighted by atomic mass is 9.85. The smallest absolute Gasteiger partial charge is 0.337 e. The van der Waals surface area contributed by atoms with Gasteiger partial charge in [0.15, 0.2) is 0 Å². The number of fused-ring (bicyclic) bond motifs is 5. The van der Waals surface area contributed by atoms with Gasteiger partial charge in [0, 0.05) is 5.56 Å². The lowest BCUT2D eigenvalue weighted by Gasteiger charge is -2.13. The highest BCUT2D eigenvalue weighted by molar-refractivity contribution is 6.06. The Kier molecular flexibility index (Phi) is 3.97. The van der Waals surface area contributed by atoms with E-state index < -0.39 is 5.97 Å². The van der Waals surface area contributed by atoms with E-state index in [2.05, 4.69) is 22.0 Å². The van der Waals surface area contributed by atoms with Gasteiger partial charge in [0.25, 0.3) is 11.8 Å². The first-order chi connectivity index (χ1) is 14.1. The molecule has 3 aliphatic rings. The average molecular weight is 390 g/mol. The second kappa shape index (κ2) is 6.55. The molecule has 2 aromatic rings. The third kappa shape index (κ3) is 2.73. The Morgan fingerprint density at radius 1 is 1.07 bits per heavy atom. The van der Waals surface area contributed by atoms with Gasteiger partial charge in [-0.1, -0.05) is 24.3 Å². The molecule has 2 bridgehead atoms. The van der Waals surface area contributed by atoms with Crippen LogP contribution in [0.3, 0.4) is 0 Å². The fraction of sp³-hybridized carbons (Fsp3) is 0.273. The minimum absolute atomic E-state index is 0.157. The van der Waals surface area contributed by atoms with Crippen molar-refractivity contribution in [3.8, 4) is 11.3 Å². The highest BCUT2D eigenvalue weighted by Crippen LogP contribution is 2.52. The van der Waals surface area contributed by atoms with Crippen molar-refractivity contribution in [2.24, 2.45) is 28.8 Å². The van der Waals surface area contributed by atoms with Crippen LogP contribution in [0.25, 0.3) is 11.3 Å². The van der Waals surface area contributed by atoms with E-state index in [1.165, 1.54) is 13.3 Å². The first-order valence-electron chi connectivity index (χ1n) is 9.45. The Morgan fingerprint density at radius 2 is 1.72 bits per heavy atom. The molecule has 29 heavy (non-hydrogen) atoms. The number of furan rings is 1. The van der Waals surface area contributed by atoms with E-state index in [4.69, 9.17) is 4.42 Å². The van der Waals surface area contributed by atoms with Gasteiger partial charge >= 0.3 is 5.97 Å². The fourth-order valence-electron chi connectivity index (χ4n) is 4.58. The molecule has 146 valence electrons. The van der Waals surface area contributed by atoms with Crippen molar-refractivity contribution in [1.29, 1.82) is 0 Å². The van der Waals surface area contributed by atoms with Crippen molar-refractivity contribution >= 4 is 24.0 Å². The van der Waals surface area contributed by atoms with Crippen molar-refractivity contribution < 1.29 is 23.5 Å². The first-order valence-corrected chi connectivity index (χ1v) is 9.45. The molecule has 1 aromatic carbocycles. The quantitative estimate of drug-likeness (QED) is 0.347. The van der Waals surface area contributed by atoms with E-state index in [1.54, 1.807) is 36.4 Å². The number of carbonyl (C=O) groups excluding carboxylic acids is 3. The number of hydrazone groups is 1. The number of hydrogen-bond acceptors (Lipinski definition) is 6. The largest absolute Gasteiger partial charge is 0.465 e. The lowest BCUT2D eigenvalue weighted by molar-refractivity contribution is -0.140. The predicted octanol–water partition coefficient (Wildman–Crippen LogP) is 2.87. The number of methoxy groups -OCH3 is 1. The second-order valence-electron chi connectivity index (χ2n) is 7.50. The van der Waals surface area contributed by atoms with Gasteiger partial charge in [0.05, 0.1) is 30.7 Å². The van der Waals surface area contributed by atoms with Crippen LogP contribution in [-0.4, -0.2) is 36.1 Å². The second-order valence-corrected chi connectivity index (χ2v) is 7.50. The number of rotatable bonds is 4. The number of esters is 1. The summed E-state index contributed by atoms with van der Waals surface area (Å²) in [6.07, 6.45) is 6.38. The van der Waals surface area contributed by atoms with Gasteiger partial charge in [-0.15, -0.1) is 0 Å². The van der Waals surface area contributed by atoms with Gasteiger partial charge in [0.2, 0.25) is 0 Å². The molecule has 0 unspecified atom stereocenters. The van der Waals surface area contributed by atoms with Crippen LogP contribution in [-0.2, 0) is 14.3 Å². The van der Waals surface area contributed by atoms with Crippen molar-refractivity contribution in [2.75, 3.05) is 7.11 Å². The first kappa shape index (κ1) is 17.6. The third-order valence-electron chi connectivity index (χ3n) is 5.96. The minimum Gasteiger partial charge on any atom is -0.465 e. The average Bonchev–Trinajstić information content (AvgIpc) is 3.51. The summed E-state index contributed by atoms with van der Waals surface area (Å²) in [5.41, 5.74) is 1.23. The maximum absolute atomic E-state index is 12.6. The van der Waals surface area contributed by atoms with Gasteiger partial charge < -0.3 is 9.15 Å². The fourth-order valence-corrected chi connectivity index (χ4v) is 4.58. The molecule has 1 aliphatic heterocycles. The summed E-state index contributed by atoms with van der Waals surface area (Å²) in [7, 11) is 1.33. The molecule has 0 spiro atoms. The Hall–Kier alpha value is -3.48. The summed E-state index contributed by atoms with van der Waals surface area (Å²) in [6, 6.07) is 10.3. The summed E-state index contributed by atoms with van der Waals surface area (Å²) < 4.78 is 10.4. The van der Waals surface area contributed by atoms with Crippen molar-refractivity contribution in [1.82, 2.24) is 5.01 Å². The van der Waals surface area contributed by atoms with Crippen molar-refractivity contribution in [3.05, 3.63) is 59.9 Å². The summed E-state index contributed by atoms with van der Waals surface area (Å²) >= 11 is 0. The molecule has 2 heterocycles. The van der Waals surface area contributed by atoms with Crippen molar-refractivity contribution in [3.63, 3.8) is 0 Å². The molecule has 4 atom stereocenters. The van der Waals surface area contributed by atoms with E-state index in [9.17, 15) is 14.4 Å². The SMILES string of the molecule is COC(=O)c1ccc(-c2ccc(/C=N\N3C(=O)[C@@H]4[C@@H](C3=O)[C@H]3C=C[C@H]4C3)o2)cc1. The number of imide groups is 1. The van der Waals surface area contributed by atoms with Crippen LogP contribution in [0.4, 0.5) is 0 Å². The van der Waals surface area contributed by atoms with E-state index in [-0.39, 0.29) is 35.5 Å². The number of carbonyl (C=O) groups is 3. The van der Waals surface area contributed by atoms with Crippen LogP contribution in [0.15, 0.2) is 58.1 Å². The molecule has 0 N–H and O–H groups in total. The van der Waals surface area contributed by atoms with Gasteiger partial charge in [-0.2, -0.15) is 10.1 Å². The molecule has 1 aromatic heterocycles. The number of nitrogens with zero attached hydrogens (tertiary/aromatic N) is 2. The Balaban J connectivity index is 1.32. The number of hydrogen-bond donors (Lipinski definition) is 0. The molecular weight excluding hydrogens is 372 g/mol. The molecule has 5 rings (SSSR count). The third-order valence-corrected chi connectivity index (χ3v) is 5.96. The van der Waals surface area contributed by atoms with Crippen LogP contribution in [0.1, 0.15) is 22.5 Å². The molecule has 1 saturated carbocycles. The Labute approximate surface area is 166 Å². The van der Waals surface area contributed by atoms with Gasteiger partial charge in [0.1, 0.15) is 11.5 Å². The number of ether oxygens (including phenoxy) is 1. The zero-order valence-corrected chi connectivity index (χ0v) is 15.6. The lowest BCUT2D eigenvalue weighted by Crippen LogP contribution is -2.28. The van der Waals surface area contributed by atoms with Crippen LogP contribution in [0.5, 0.6) is 0 Å². The van der Waals surface area contributed by atoms with E-state index in [0.717, 1.165) is 17.0 Å². The zero-order valence-electron chi connectivity index (χ0n) is 15.6. The molecular formula is C22H18N2O5. The molecule has 2 amide bonds. The van der Waals surface area contributed by atoms with Gasteiger partial charge in [-0.3, -0.25) is 9.59 Å². The molecule has 0 radical (unpaired) electrons. The van der Waals surface area contributed by atoms with Crippen LogP contribution in [0, 0.1) is 23.7 Å². The van der Waals surface area contributed by atoms with Crippen LogP contribution >= 0.6 is 0 Å². The van der Waals surface area contributed by atoms with Gasteiger partial charge in [-0.25, -0.2) is 4.79 Å². The molecule has 2 fully saturated rings. The Bertz CT molecular complexity index is 1040. The maximum atomic E-state index is 12.6. The molecule has 2 aliphatic carbocycles. The Morgan fingerprint density at radius 3 is 2.34 bits per heavy atom. The van der Waals surface area contributed by atoms with Crippen LogP contribution < -0.4 is 0 Å². The number of amides is 2. The standard InChI is InChI=1S/C22H18N2O5/c1-28-22(27)13-4-2-12(3-5-13)17-9-8-16(29-17)11-23-24-20(25)18-14-6-7-15(10-14)19(18)21(24)26/h2-9,11,14-15,18-19H,10H2,1H3/b23-11-/t14-,15-,18-,19-/m0/s1. The predicted molar refractivity (Wildman–Crippen MR) is 103 cm³/mol. The molecule has 1 saturated heterocycles. The minimum atomic E-state index is -0.405. The summed E-state index contributed by atoms with van der Waals surface area (Å²) in [5.74, 6) is -0.0643. The summed E-state index contributed by atoms with van der Waals surface area (Å²) in [4.78, 5) is 36.8. The summed E-state index contributed by atoms with van der Waals surface area (Å²) in [5, 5.41) is 5.11. The topological polar surface area (TPSA) is 89.2 Å². The summed E-state index contributed by atoms with van der Waals surface area (Å²) in [6.45, 7) is 0. The van der Waals surface area contributed by atoms with Crippen LogP contribution in [0.2, 0.25) is 0 Å². The van der Waals surface area contributed by atoms with E-state index in [0.29, 0.717) is 17.1 Å². The monoisotopic (exact) mass is 390 g/mol. The van der Waals surface area contributed by atoms with Crippen molar-refractivity contribution in [2.45, 2.75) is 6.42 Å². The number of benzene rings is 1. The van der Waals surface area contributed by atoms with E-state index in [1.807, 2.05) is 0 Å². The van der Waals surface area contributed by atoms with E-state index >= 15 is 0 Å². The molecule has 7 nitrogen and oxygen atoms in total. The maximum Gasteiger partial charge on any atom is 0.337 e. The molecule has 7 heteroatoms.